The minimum atomic E-state index is -1.17. The van der Waals surface area contributed by atoms with Crippen LogP contribution in [-0.4, -0.2) is 19.8 Å². The first-order chi connectivity index (χ1) is 5.03. The van der Waals surface area contributed by atoms with E-state index in [0.717, 1.165) is 6.42 Å². The minimum Gasteiger partial charge on any atom is -0.396 e. The van der Waals surface area contributed by atoms with E-state index in [2.05, 4.69) is 31.1 Å². The van der Waals surface area contributed by atoms with Crippen LogP contribution in [-0.2, 0) is 0 Å². The lowest BCUT2D eigenvalue weighted by atomic mass is 10.3. The molecule has 1 N–H and O–H groups in total. The lowest BCUT2D eigenvalue weighted by Crippen LogP contribution is -2.16. The van der Waals surface area contributed by atoms with Crippen LogP contribution < -0.4 is 0 Å². The fourth-order valence-electron chi connectivity index (χ4n) is 0.935. The average molecular weight is 168 g/mol. The highest BCUT2D eigenvalue weighted by Gasteiger charge is 2.34. The van der Waals surface area contributed by atoms with Crippen molar-refractivity contribution in [2.75, 3.05) is 6.61 Å². The molecule has 2 atom stereocenters. The van der Waals surface area contributed by atoms with E-state index in [9.17, 15) is 0 Å². The second kappa shape index (κ2) is 3.00. The van der Waals surface area contributed by atoms with Crippen molar-refractivity contribution in [3.05, 3.63) is 0 Å². The zero-order valence-corrected chi connectivity index (χ0v) is 8.52. The third-order valence-corrected chi connectivity index (χ3v) is 2.68. The molecule has 1 aliphatic carbocycles. The Morgan fingerprint density at radius 2 is 2.09 bits per heavy atom. The van der Waals surface area contributed by atoms with Crippen molar-refractivity contribution in [2.24, 2.45) is 11.8 Å². The van der Waals surface area contributed by atoms with Gasteiger partial charge in [0.2, 0.25) is 0 Å². The van der Waals surface area contributed by atoms with Crippen LogP contribution >= 0.6 is 0 Å². The molecule has 1 saturated carbocycles. The molecule has 0 aromatic heterocycles. The first-order valence-corrected chi connectivity index (χ1v) is 7.66. The third-order valence-electron chi connectivity index (χ3n) is 1.79. The molecular weight excluding hydrogens is 152 g/mol. The predicted molar refractivity (Wildman–Crippen MR) is 49.8 cm³/mol. The van der Waals surface area contributed by atoms with Crippen LogP contribution in [0.1, 0.15) is 6.42 Å². The molecule has 62 valence electrons. The lowest BCUT2D eigenvalue weighted by Gasteiger charge is -2.02. The van der Waals surface area contributed by atoms with Gasteiger partial charge in [0, 0.05) is 12.5 Å². The second-order valence-corrected chi connectivity index (χ2v) is 9.05. The quantitative estimate of drug-likeness (QED) is 0.464. The molecule has 1 rings (SSSR count). The van der Waals surface area contributed by atoms with Crippen molar-refractivity contribution in [1.29, 1.82) is 0 Å². The molecule has 0 bridgehead atoms. The van der Waals surface area contributed by atoms with Crippen LogP contribution in [0.25, 0.3) is 0 Å². The van der Waals surface area contributed by atoms with Gasteiger partial charge in [-0.25, -0.2) is 0 Å². The summed E-state index contributed by atoms with van der Waals surface area (Å²) in [5, 5.41) is 8.75. The number of aliphatic hydroxyl groups is 1. The Balaban J connectivity index is 2.36. The Labute approximate surface area is 69.8 Å². The summed E-state index contributed by atoms with van der Waals surface area (Å²) in [4.78, 5) is 0. The van der Waals surface area contributed by atoms with Crippen LogP contribution in [0.2, 0.25) is 19.6 Å². The molecule has 0 aromatic rings. The summed E-state index contributed by atoms with van der Waals surface area (Å²) in [6.07, 6.45) is 1.12. The maximum Gasteiger partial charge on any atom is 0.129 e. The Hall–Kier alpha value is -0.263. The van der Waals surface area contributed by atoms with Gasteiger partial charge in [-0.1, -0.05) is 19.6 Å². The van der Waals surface area contributed by atoms with Crippen molar-refractivity contribution in [1.82, 2.24) is 0 Å². The van der Waals surface area contributed by atoms with Gasteiger partial charge in [-0.15, -0.1) is 11.5 Å². The van der Waals surface area contributed by atoms with E-state index >= 15 is 0 Å². The zero-order chi connectivity index (χ0) is 8.48. The average Bonchev–Trinajstić information content (AvgIpc) is 2.60. The molecule has 1 fully saturated rings. The van der Waals surface area contributed by atoms with Crippen LogP contribution in [0.4, 0.5) is 0 Å². The molecule has 0 amide bonds. The van der Waals surface area contributed by atoms with Crippen LogP contribution in [0.15, 0.2) is 0 Å². The zero-order valence-electron chi connectivity index (χ0n) is 7.52. The molecule has 0 spiro atoms. The maximum atomic E-state index is 8.75. The van der Waals surface area contributed by atoms with E-state index in [-0.39, 0.29) is 0 Å². The summed E-state index contributed by atoms with van der Waals surface area (Å²) >= 11 is 0. The SMILES string of the molecule is C[Si](C)(C)C#C[C@@H]1C[C@@H]1CO. The molecule has 0 saturated heterocycles. The van der Waals surface area contributed by atoms with Gasteiger partial charge in [0.15, 0.2) is 0 Å². The number of hydrogen-bond donors (Lipinski definition) is 1. The highest BCUT2D eigenvalue weighted by Crippen LogP contribution is 2.36. The molecule has 0 heterocycles. The Kier molecular flexibility index (Phi) is 2.41. The highest BCUT2D eigenvalue weighted by atomic mass is 28.3. The Morgan fingerprint density at radius 3 is 2.45 bits per heavy atom. The van der Waals surface area contributed by atoms with Crippen molar-refractivity contribution < 1.29 is 5.11 Å². The second-order valence-electron chi connectivity index (χ2n) is 4.30. The predicted octanol–water partition coefficient (Wildman–Crippen LogP) is 1.50. The van der Waals surface area contributed by atoms with E-state index in [0.29, 0.717) is 18.4 Å². The summed E-state index contributed by atoms with van der Waals surface area (Å²) in [7, 11) is -1.17. The fourth-order valence-corrected chi connectivity index (χ4v) is 1.55. The van der Waals surface area contributed by atoms with E-state index in [4.69, 9.17) is 5.11 Å². The standard InChI is InChI=1S/C9H16OSi/c1-11(2,3)5-4-8-6-9(8)7-10/h8-10H,6-7H2,1-3H3/t8-,9-/m1/s1. The van der Waals surface area contributed by atoms with Gasteiger partial charge in [-0.3, -0.25) is 0 Å². The fraction of sp³-hybridized carbons (Fsp3) is 0.778. The molecule has 0 radical (unpaired) electrons. The van der Waals surface area contributed by atoms with Crippen molar-refractivity contribution in [3.8, 4) is 11.5 Å². The van der Waals surface area contributed by atoms with E-state index in [1.165, 1.54) is 0 Å². The summed E-state index contributed by atoms with van der Waals surface area (Å²) in [6, 6.07) is 0. The summed E-state index contributed by atoms with van der Waals surface area (Å²) < 4.78 is 0. The Morgan fingerprint density at radius 1 is 1.45 bits per heavy atom. The number of rotatable bonds is 1. The third kappa shape index (κ3) is 3.09. The molecule has 0 aromatic carbocycles. The van der Waals surface area contributed by atoms with Crippen molar-refractivity contribution in [3.63, 3.8) is 0 Å². The molecule has 11 heavy (non-hydrogen) atoms. The molecule has 1 aliphatic rings. The van der Waals surface area contributed by atoms with Gasteiger partial charge < -0.3 is 5.11 Å². The lowest BCUT2D eigenvalue weighted by molar-refractivity contribution is 0.273. The topological polar surface area (TPSA) is 20.2 Å². The van der Waals surface area contributed by atoms with Crippen molar-refractivity contribution >= 4 is 8.07 Å². The number of hydrogen-bond acceptors (Lipinski definition) is 1. The maximum absolute atomic E-state index is 8.75. The van der Waals surface area contributed by atoms with Gasteiger partial charge in [0.25, 0.3) is 0 Å². The molecule has 2 heteroatoms. The molecule has 0 unspecified atom stereocenters. The smallest absolute Gasteiger partial charge is 0.129 e. The molecule has 1 nitrogen and oxygen atoms in total. The first kappa shape index (κ1) is 8.83. The van der Waals surface area contributed by atoms with Gasteiger partial charge in [-0.2, -0.15) is 0 Å². The first-order valence-electron chi connectivity index (χ1n) is 4.16. The van der Waals surface area contributed by atoms with E-state index in [1.54, 1.807) is 0 Å². The minimum absolute atomic E-state index is 0.324. The highest BCUT2D eigenvalue weighted by molar-refractivity contribution is 6.83. The van der Waals surface area contributed by atoms with E-state index < -0.39 is 8.07 Å². The normalized spacial score (nSPS) is 29.1. The van der Waals surface area contributed by atoms with Crippen molar-refractivity contribution in [2.45, 2.75) is 26.1 Å². The monoisotopic (exact) mass is 168 g/mol. The van der Waals surface area contributed by atoms with Gasteiger partial charge >= 0.3 is 0 Å². The summed E-state index contributed by atoms with van der Waals surface area (Å²) in [6.45, 7) is 7.06. The van der Waals surface area contributed by atoms with Gasteiger partial charge in [-0.05, 0) is 12.3 Å². The number of aliphatic hydroxyl groups excluding tert-OH is 1. The van der Waals surface area contributed by atoms with Gasteiger partial charge in [0.1, 0.15) is 8.07 Å². The van der Waals surface area contributed by atoms with Crippen LogP contribution in [0, 0.1) is 23.3 Å². The molecular formula is C9H16OSi. The van der Waals surface area contributed by atoms with Crippen LogP contribution in [0.3, 0.4) is 0 Å². The van der Waals surface area contributed by atoms with E-state index in [1.807, 2.05) is 0 Å². The summed E-state index contributed by atoms with van der Waals surface area (Å²) in [5.41, 5.74) is 3.33. The van der Waals surface area contributed by atoms with Crippen LogP contribution in [0.5, 0.6) is 0 Å². The Bertz CT molecular complexity index is 194. The summed E-state index contributed by atoms with van der Waals surface area (Å²) in [5.74, 6) is 4.27. The van der Waals surface area contributed by atoms with Gasteiger partial charge in [0.05, 0.1) is 0 Å². The molecule has 0 aliphatic heterocycles. The largest absolute Gasteiger partial charge is 0.396 e.